The predicted octanol–water partition coefficient (Wildman–Crippen LogP) is 3.35. The van der Waals surface area contributed by atoms with E-state index in [0.29, 0.717) is 0 Å². The number of halogens is 1. The van der Waals surface area contributed by atoms with Crippen LogP contribution in [0.1, 0.15) is 18.9 Å². The lowest BCUT2D eigenvalue weighted by Gasteiger charge is -2.00. The highest BCUT2D eigenvalue weighted by atomic mass is 79.9. The number of hydrogen-bond acceptors (Lipinski definition) is 1. The topological polar surface area (TPSA) is 25.2 Å². The summed E-state index contributed by atoms with van der Waals surface area (Å²) in [4.78, 5) is 0. The third-order valence-corrected chi connectivity index (χ3v) is 3.37. The van der Waals surface area contributed by atoms with Gasteiger partial charge in [-0.05, 0) is 37.5 Å². The molecule has 0 aliphatic carbocycles. The van der Waals surface area contributed by atoms with Gasteiger partial charge < -0.3 is 9.67 Å². The van der Waals surface area contributed by atoms with E-state index in [2.05, 4.69) is 51.8 Å². The quantitative estimate of drug-likeness (QED) is 0.914. The van der Waals surface area contributed by atoms with Crippen molar-refractivity contribution in [3.8, 4) is 0 Å². The Kier molecular flexibility index (Phi) is 3.66. The van der Waals surface area contributed by atoms with Crippen LogP contribution < -0.4 is 0 Å². The zero-order valence-corrected chi connectivity index (χ0v) is 11.0. The first-order chi connectivity index (χ1) is 7.76. The maximum Gasteiger partial charge on any atom is 0.0494 e. The van der Waals surface area contributed by atoms with Crippen molar-refractivity contribution in [1.29, 1.82) is 0 Å². The number of hydrogen-bond donors (Lipinski definition) is 1. The fourth-order valence-corrected chi connectivity index (χ4v) is 2.42. The number of nitrogens with zero attached hydrogens (tertiary/aromatic N) is 1. The van der Waals surface area contributed by atoms with E-state index in [1.807, 2.05) is 0 Å². The standard InChI is InChI=1S/C13H16BrNO/c1-2-15-9-10(4-3-7-16)12-6-5-11(14)8-13(12)15/h5-6,8-9,16H,2-4,7H2,1H3. The lowest BCUT2D eigenvalue weighted by Crippen LogP contribution is -1.91. The van der Waals surface area contributed by atoms with Crippen molar-refractivity contribution in [3.05, 3.63) is 34.4 Å². The normalized spacial score (nSPS) is 11.2. The van der Waals surface area contributed by atoms with Crippen LogP contribution >= 0.6 is 15.9 Å². The molecule has 2 rings (SSSR count). The second kappa shape index (κ2) is 5.02. The van der Waals surface area contributed by atoms with E-state index < -0.39 is 0 Å². The fourth-order valence-electron chi connectivity index (χ4n) is 2.07. The summed E-state index contributed by atoms with van der Waals surface area (Å²) in [5.74, 6) is 0. The molecular weight excluding hydrogens is 266 g/mol. The molecule has 0 bridgehead atoms. The van der Waals surface area contributed by atoms with Gasteiger partial charge in [0.2, 0.25) is 0 Å². The van der Waals surface area contributed by atoms with Crippen LogP contribution in [0.3, 0.4) is 0 Å². The third-order valence-electron chi connectivity index (χ3n) is 2.87. The van der Waals surface area contributed by atoms with Crippen LogP contribution in [0, 0.1) is 0 Å². The molecule has 1 aromatic heterocycles. The number of rotatable bonds is 4. The fraction of sp³-hybridized carbons (Fsp3) is 0.385. The largest absolute Gasteiger partial charge is 0.396 e. The number of aliphatic hydroxyl groups is 1. The number of aryl methyl sites for hydroxylation is 2. The van der Waals surface area contributed by atoms with E-state index >= 15 is 0 Å². The Hall–Kier alpha value is -0.800. The van der Waals surface area contributed by atoms with Crippen molar-refractivity contribution >= 4 is 26.8 Å². The van der Waals surface area contributed by atoms with E-state index in [1.165, 1.54) is 16.5 Å². The Bertz CT molecular complexity index is 490. The minimum Gasteiger partial charge on any atom is -0.396 e. The van der Waals surface area contributed by atoms with Crippen molar-refractivity contribution in [2.24, 2.45) is 0 Å². The summed E-state index contributed by atoms with van der Waals surface area (Å²) in [7, 11) is 0. The highest BCUT2D eigenvalue weighted by Crippen LogP contribution is 2.25. The molecule has 0 atom stereocenters. The van der Waals surface area contributed by atoms with Crippen molar-refractivity contribution < 1.29 is 5.11 Å². The van der Waals surface area contributed by atoms with Gasteiger partial charge in [-0.2, -0.15) is 0 Å². The monoisotopic (exact) mass is 281 g/mol. The van der Waals surface area contributed by atoms with Crippen molar-refractivity contribution in [1.82, 2.24) is 4.57 Å². The summed E-state index contributed by atoms with van der Waals surface area (Å²) in [6, 6.07) is 6.38. The average Bonchev–Trinajstić information content (AvgIpc) is 2.63. The van der Waals surface area contributed by atoms with Crippen molar-refractivity contribution in [2.75, 3.05) is 6.61 Å². The molecule has 0 saturated carbocycles. The smallest absolute Gasteiger partial charge is 0.0494 e. The molecule has 2 nitrogen and oxygen atoms in total. The average molecular weight is 282 g/mol. The lowest BCUT2D eigenvalue weighted by atomic mass is 10.1. The van der Waals surface area contributed by atoms with E-state index in [1.54, 1.807) is 0 Å². The summed E-state index contributed by atoms with van der Waals surface area (Å²) in [6.07, 6.45) is 3.98. The first-order valence-corrected chi connectivity index (χ1v) is 6.43. The molecule has 0 amide bonds. The minimum atomic E-state index is 0.259. The lowest BCUT2D eigenvalue weighted by molar-refractivity contribution is 0.288. The molecule has 0 unspecified atom stereocenters. The molecule has 0 radical (unpaired) electrons. The van der Waals surface area contributed by atoms with Crippen LogP contribution in [0.15, 0.2) is 28.9 Å². The molecule has 1 N–H and O–H groups in total. The maximum absolute atomic E-state index is 8.89. The van der Waals surface area contributed by atoms with Crippen LogP contribution in [-0.2, 0) is 13.0 Å². The Labute approximate surface area is 104 Å². The van der Waals surface area contributed by atoms with Gasteiger partial charge in [0.15, 0.2) is 0 Å². The number of aliphatic hydroxyl groups excluding tert-OH is 1. The van der Waals surface area contributed by atoms with Crippen molar-refractivity contribution in [3.63, 3.8) is 0 Å². The molecule has 16 heavy (non-hydrogen) atoms. The molecule has 0 saturated heterocycles. The molecule has 0 fully saturated rings. The van der Waals surface area contributed by atoms with E-state index in [-0.39, 0.29) is 6.61 Å². The van der Waals surface area contributed by atoms with E-state index in [9.17, 15) is 0 Å². The van der Waals surface area contributed by atoms with Gasteiger partial charge >= 0.3 is 0 Å². The zero-order valence-electron chi connectivity index (χ0n) is 9.41. The second-order valence-corrected chi connectivity index (χ2v) is 4.84. The molecule has 2 aromatic rings. The SMILES string of the molecule is CCn1cc(CCCO)c2ccc(Br)cc21. The van der Waals surface area contributed by atoms with Crippen LogP contribution in [0.5, 0.6) is 0 Å². The molecule has 1 heterocycles. The van der Waals surface area contributed by atoms with Gasteiger partial charge in [-0.1, -0.05) is 22.0 Å². The summed E-state index contributed by atoms with van der Waals surface area (Å²) >= 11 is 3.50. The molecule has 86 valence electrons. The predicted molar refractivity (Wildman–Crippen MR) is 70.7 cm³/mol. The van der Waals surface area contributed by atoms with E-state index in [0.717, 1.165) is 23.9 Å². The Morgan fingerprint density at radius 1 is 1.38 bits per heavy atom. The van der Waals surface area contributed by atoms with Crippen LogP contribution in [0.2, 0.25) is 0 Å². The molecule has 0 spiro atoms. The summed E-state index contributed by atoms with van der Waals surface area (Å²) in [5.41, 5.74) is 2.60. The molecular formula is C13H16BrNO. The second-order valence-electron chi connectivity index (χ2n) is 3.93. The molecule has 3 heteroatoms. The number of benzene rings is 1. The first-order valence-electron chi connectivity index (χ1n) is 5.64. The molecule has 0 aliphatic heterocycles. The summed E-state index contributed by atoms with van der Waals surface area (Å²) in [6.45, 7) is 3.39. The maximum atomic E-state index is 8.89. The zero-order chi connectivity index (χ0) is 11.5. The van der Waals surface area contributed by atoms with Gasteiger partial charge in [0.25, 0.3) is 0 Å². The molecule has 1 aromatic carbocycles. The van der Waals surface area contributed by atoms with Crippen molar-refractivity contribution in [2.45, 2.75) is 26.3 Å². The number of fused-ring (bicyclic) bond motifs is 1. The minimum absolute atomic E-state index is 0.259. The van der Waals surface area contributed by atoms with Gasteiger partial charge in [0.1, 0.15) is 0 Å². The number of aromatic nitrogens is 1. The van der Waals surface area contributed by atoms with Gasteiger partial charge in [0, 0.05) is 34.7 Å². The first kappa shape index (κ1) is 11.7. The highest BCUT2D eigenvalue weighted by molar-refractivity contribution is 9.10. The van der Waals surface area contributed by atoms with Crippen LogP contribution in [0.25, 0.3) is 10.9 Å². The van der Waals surface area contributed by atoms with Gasteiger partial charge in [-0.25, -0.2) is 0 Å². The Morgan fingerprint density at radius 2 is 2.19 bits per heavy atom. The van der Waals surface area contributed by atoms with Gasteiger partial charge in [0.05, 0.1) is 0 Å². The van der Waals surface area contributed by atoms with E-state index in [4.69, 9.17) is 5.11 Å². The van der Waals surface area contributed by atoms with Gasteiger partial charge in [-0.15, -0.1) is 0 Å². The third kappa shape index (κ3) is 2.15. The van der Waals surface area contributed by atoms with Gasteiger partial charge in [-0.3, -0.25) is 0 Å². The van der Waals surface area contributed by atoms with Crippen LogP contribution in [-0.4, -0.2) is 16.3 Å². The van der Waals surface area contributed by atoms with Crippen LogP contribution in [0.4, 0.5) is 0 Å². The Balaban J connectivity index is 2.50. The summed E-state index contributed by atoms with van der Waals surface area (Å²) in [5, 5.41) is 10.2. The Morgan fingerprint density at radius 3 is 2.88 bits per heavy atom. The highest BCUT2D eigenvalue weighted by Gasteiger charge is 2.07. The summed E-state index contributed by atoms with van der Waals surface area (Å²) < 4.78 is 3.37. The molecule has 0 aliphatic rings.